The normalized spacial score (nSPS) is 33.4. The van der Waals surface area contributed by atoms with Crippen LogP contribution in [0.25, 0.3) is 0 Å². The topological polar surface area (TPSA) is 44.2 Å². The average molecular weight is 311 g/mol. The molecule has 1 heterocycles. The maximum Gasteiger partial charge on any atom is 0.218 e. The molecule has 3 unspecified atom stereocenters. The van der Waals surface area contributed by atoms with Crippen LogP contribution in [0.3, 0.4) is 0 Å². The molecule has 1 aromatic rings. The van der Waals surface area contributed by atoms with Gasteiger partial charge in [0, 0.05) is 18.6 Å². The van der Waals surface area contributed by atoms with Gasteiger partial charge in [-0.25, -0.2) is 4.98 Å². The molecule has 116 valence electrons. The van der Waals surface area contributed by atoms with Crippen LogP contribution in [0.4, 0.5) is 0 Å². The van der Waals surface area contributed by atoms with Crippen molar-refractivity contribution < 1.29 is 9.47 Å². The van der Waals surface area contributed by atoms with Crippen LogP contribution in [0, 0.1) is 16.7 Å². The molecule has 0 aromatic carbocycles. The minimum Gasteiger partial charge on any atom is -0.474 e. The maximum atomic E-state index is 6.22. The molecule has 2 bridgehead atoms. The summed E-state index contributed by atoms with van der Waals surface area (Å²) >= 11 is 6.05. The SMILES string of the molecule is COCc1nc(Cl)cc(OC2CC3CCC2(C)C3(C)C)n1. The highest BCUT2D eigenvalue weighted by molar-refractivity contribution is 6.29. The van der Waals surface area contributed by atoms with Gasteiger partial charge in [-0.3, -0.25) is 0 Å². The fourth-order valence-electron chi connectivity index (χ4n) is 4.15. The summed E-state index contributed by atoms with van der Waals surface area (Å²) in [5.41, 5.74) is 0.528. The molecule has 1 aromatic heterocycles. The van der Waals surface area contributed by atoms with Gasteiger partial charge in [-0.2, -0.15) is 4.98 Å². The number of fused-ring (bicyclic) bond motifs is 2. The molecule has 5 heteroatoms. The van der Waals surface area contributed by atoms with Gasteiger partial charge in [0.05, 0.1) is 0 Å². The lowest BCUT2D eigenvalue weighted by Crippen LogP contribution is -2.39. The lowest BCUT2D eigenvalue weighted by molar-refractivity contribution is 0.0268. The number of hydrogen-bond donors (Lipinski definition) is 0. The molecule has 0 aliphatic heterocycles. The van der Waals surface area contributed by atoms with Gasteiger partial charge >= 0.3 is 0 Å². The van der Waals surface area contributed by atoms with Crippen LogP contribution in [0.5, 0.6) is 5.88 Å². The summed E-state index contributed by atoms with van der Waals surface area (Å²) < 4.78 is 11.3. The fourth-order valence-corrected chi connectivity index (χ4v) is 4.34. The Balaban J connectivity index is 1.82. The van der Waals surface area contributed by atoms with Crippen molar-refractivity contribution in [2.45, 2.75) is 52.7 Å². The van der Waals surface area contributed by atoms with Gasteiger partial charge in [-0.1, -0.05) is 32.4 Å². The highest BCUT2D eigenvalue weighted by atomic mass is 35.5. The highest BCUT2D eigenvalue weighted by Crippen LogP contribution is 2.66. The summed E-state index contributed by atoms with van der Waals surface area (Å²) in [6.45, 7) is 7.44. The first-order valence-electron chi connectivity index (χ1n) is 7.56. The molecule has 2 aliphatic rings. The molecule has 2 saturated carbocycles. The smallest absolute Gasteiger partial charge is 0.218 e. The van der Waals surface area contributed by atoms with E-state index in [1.54, 1.807) is 13.2 Å². The fraction of sp³-hybridized carbons (Fsp3) is 0.750. The van der Waals surface area contributed by atoms with Crippen molar-refractivity contribution in [1.82, 2.24) is 9.97 Å². The predicted molar refractivity (Wildman–Crippen MR) is 81.4 cm³/mol. The first-order chi connectivity index (χ1) is 9.86. The van der Waals surface area contributed by atoms with Crippen molar-refractivity contribution in [3.63, 3.8) is 0 Å². The molecule has 0 N–H and O–H groups in total. The van der Waals surface area contributed by atoms with Gasteiger partial charge in [0.1, 0.15) is 17.9 Å². The van der Waals surface area contributed by atoms with E-state index in [2.05, 4.69) is 30.7 Å². The second kappa shape index (κ2) is 5.10. The summed E-state index contributed by atoms with van der Waals surface area (Å²) in [5, 5.41) is 0.402. The number of hydrogen-bond acceptors (Lipinski definition) is 4. The Labute approximate surface area is 131 Å². The third-order valence-electron chi connectivity index (χ3n) is 5.97. The van der Waals surface area contributed by atoms with E-state index in [1.807, 2.05) is 0 Å². The Morgan fingerprint density at radius 3 is 2.67 bits per heavy atom. The standard InChI is InChI=1S/C16H23ClN2O2/c1-15(2)10-5-6-16(15,3)11(7-10)21-14-8-12(17)18-13(19-14)9-20-4/h8,10-11H,5-7,9H2,1-4H3. The number of halogens is 1. The minimum atomic E-state index is 0.201. The van der Waals surface area contributed by atoms with Gasteiger partial charge in [0.15, 0.2) is 5.82 Å². The number of ether oxygens (including phenoxy) is 2. The predicted octanol–water partition coefficient (Wildman–Crippen LogP) is 3.87. The molecule has 0 radical (unpaired) electrons. The van der Waals surface area contributed by atoms with Crippen molar-refractivity contribution in [3.8, 4) is 5.88 Å². The lowest BCUT2D eigenvalue weighted by atomic mass is 9.70. The molecule has 21 heavy (non-hydrogen) atoms. The Morgan fingerprint density at radius 1 is 1.33 bits per heavy atom. The zero-order valence-electron chi connectivity index (χ0n) is 13.1. The van der Waals surface area contributed by atoms with Gasteiger partial charge in [-0.05, 0) is 30.6 Å². The molecule has 3 atom stereocenters. The zero-order chi connectivity index (χ0) is 15.3. The van der Waals surface area contributed by atoms with Crippen molar-refractivity contribution in [1.29, 1.82) is 0 Å². The number of aromatic nitrogens is 2. The Hall–Kier alpha value is -0.870. The second-order valence-corrected chi connectivity index (χ2v) is 7.48. The Bertz CT molecular complexity index is 549. The molecule has 2 fully saturated rings. The van der Waals surface area contributed by atoms with E-state index in [9.17, 15) is 0 Å². The van der Waals surface area contributed by atoms with E-state index in [0.29, 0.717) is 28.9 Å². The van der Waals surface area contributed by atoms with Crippen LogP contribution in [0.2, 0.25) is 5.15 Å². The van der Waals surface area contributed by atoms with E-state index < -0.39 is 0 Å². The van der Waals surface area contributed by atoms with Crippen molar-refractivity contribution >= 4 is 11.6 Å². The number of rotatable bonds is 4. The first kappa shape index (κ1) is 15.0. The maximum absolute atomic E-state index is 6.22. The van der Waals surface area contributed by atoms with Gasteiger partial charge in [0.25, 0.3) is 0 Å². The van der Waals surface area contributed by atoms with Crippen LogP contribution < -0.4 is 4.74 Å². The number of methoxy groups -OCH3 is 1. The van der Waals surface area contributed by atoms with E-state index in [-0.39, 0.29) is 11.5 Å². The quantitative estimate of drug-likeness (QED) is 0.792. The monoisotopic (exact) mass is 310 g/mol. The van der Waals surface area contributed by atoms with E-state index in [4.69, 9.17) is 21.1 Å². The molecular weight excluding hydrogens is 288 g/mol. The number of nitrogens with zero attached hydrogens (tertiary/aromatic N) is 2. The second-order valence-electron chi connectivity index (χ2n) is 7.10. The molecule has 3 rings (SSSR count). The van der Waals surface area contributed by atoms with Crippen LogP contribution in [0.1, 0.15) is 45.9 Å². The molecule has 2 aliphatic carbocycles. The van der Waals surface area contributed by atoms with E-state index >= 15 is 0 Å². The molecule has 4 nitrogen and oxygen atoms in total. The van der Waals surface area contributed by atoms with Crippen LogP contribution >= 0.6 is 11.6 Å². The van der Waals surface area contributed by atoms with E-state index in [0.717, 1.165) is 12.3 Å². The Morgan fingerprint density at radius 2 is 2.10 bits per heavy atom. The summed E-state index contributed by atoms with van der Waals surface area (Å²) in [5.74, 6) is 1.87. The van der Waals surface area contributed by atoms with Crippen LogP contribution in [-0.2, 0) is 11.3 Å². The minimum absolute atomic E-state index is 0.201. The third kappa shape index (κ3) is 2.33. The largest absolute Gasteiger partial charge is 0.474 e. The molecule has 0 amide bonds. The van der Waals surface area contributed by atoms with Crippen molar-refractivity contribution in [2.75, 3.05) is 7.11 Å². The average Bonchev–Trinajstić information content (AvgIpc) is 2.71. The van der Waals surface area contributed by atoms with Crippen LogP contribution in [-0.4, -0.2) is 23.2 Å². The highest BCUT2D eigenvalue weighted by Gasteiger charge is 2.62. The summed E-state index contributed by atoms with van der Waals surface area (Å²) in [6.07, 6.45) is 3.83. The Kier molecular flexibility index (Phi) is 3.65. The summed E-state index contributed by atoms with van der Waals surface area (Å²) in [6, 6.07) is 1.70. The van der Waals surface area contributed by atoms with E-state index in [1.165, 1.54) is 12.8 Å². The molecule has 0 saturated heterocycles. The zero-order valence-corrected chi connectivity index (χ0v) is 13.9. The first-order valence-corrected chi connectivity index (χ1v) is 7.93. The van der Waals surface area contributed by atoms with Crippen molar-refractivity contribution in [2.24, 2.45) is 16.7 Å². The van der Waals surface area contributed by atoms with Crippen LogP contribution in [0.15, 0.2) is 6.07 Å². The van der Waals surface area contributed by atoms with Crippen molar-refractivity contribution in [3.05, 3.63) is 17.0 Å². The third-order valence-corrected chi connectivity index (χ3v) is 6.16. The van der Waals surface area contributed by atoms with Gasteiger partial charge < -0.3 is 9.47 Å². The molecular formula is C16H23ClN2O2. The van der Waals surface area contributed by atoms with Gasteiger partial charge in [0.2, 0.25) is 5.88 Å². The summed E-state index contributed by atoms with van der Waals surface area (Å²) in [4.78, 5) is 8.55. The molecule has 0 spiro atoms. The van der Waals surface area contributed by atoms with Gasteiger partial charge in [-0.15, -0.1) is 0 Å². The summed E-state index contributed by atoms with van der Waals surface area (Å²) in [7, 11) is 1.62. The lowest BCUT2D eigenvalue weighted by Gasteiger charge is -2.38.